The van der Waals surface area contributed by atoms with Gasteiger partial charge in [0.05, 0.1) is 0 Å². The lowest BCUT2D eigenvalue weighted by Crippen LogP contribution is -2.23. The fourth-order valence-electron chi connectivity index (χ4n) is 0.492. The van der Waals surface area contributed by atoms with E-state index in [4.69, 9.17) is 0 Å². The summed E-state index contributed by atoms with van der Waals surface area (Å²) in [6.45, 7) is -2.93. The number of carbonyl (C=O) groups is 1. The molecule has 0 rings (SSSR count). The normalized spacial score (nSPS) is 12.2. The van der Waals surface area contributed by atoms with Crippen LogP contribution in [0.15, 0.2) is 0 Å². The van der Waals surface area contributed by atoms with Gasteiger partial charge in [-0.3, -0.25) is 4.79 Å². The molecule has 0 atom stereocenters. The van der Waals surface area contributed by atoms with Gasteiger partial charge in [0.2, 0.25) is 0 Å². The lowest BCUT2D eigenvalue weighted by Gasteiger charge is -2.08. The first-order chi connectivity index (χ1) is 5.40. The van der Waals surface area contributed by atoms with Crippen LogP contribution in [0.5, 0.6) is 0 Å². The molecule has 0 spiro atoms. The van der Waals surface area contributed by atoms with Crippen molar-refractivity contribution in [2.75, 3.05) is 13.3 Å². The summed E-state index contributed by atoms with van der Waals surface area (Å²) in [5.41, 5.74) is 0. The summed E-state index contributed by atoms with van der Waals surface area (Å²) in [5, 5.41) is 0. The van der Waals surface area contributed by atoms with E-state index < -0.39 is 37.6 Å². The number of rotatable bonds is 4. The largest absolute Gasteiger partial charge is 0.395 e. The third kappa shape index (κ3) is 4.25. The Morgan fingerprint density at radius 3 is 1.75 bits per heavy atom. The summed E-state index contributed by atoms with van der Waals surface area (Å²) < 4.78 is 57.6. The standard InChI is InChI=1S/C6H6F5O/c7-2-4(3-8)5(12)1-6(9,10)11/h1-3H2. The minimum atomic E-state index is -4.70. The van der Waals surface area contributed by atoms with Gasteiger partial charge in [-0.1, -0.05) is 0 Å². The fourth-order valence-corrected chi connectivity index (χ4v) is 0.492. The zero-order chi connectivity index (χ0) is 9.78. The molecule has 1 radical (unpaired) electrons. The summed E-state index contributed by atoms with van der Waals surface area (Å²) >= 11 is 0. The van der Waals surface area contributed by atoms with Gasteiger partial charge in [0.15, 0.2) is 5.78 Å². The highest BCUT2D eigenvalue weighted by Gasteiger charge is 2.34. The SMILES string of the molecule is O=C(CC(F)(F)F)[C](CF)CF. The molecule has 71 valence electrons. The van der Waals surface area contributed by atoms with Gasteiger partial charge in [0, 0.05) is 0 Å². The van der Waals surface area contributed by atoms with Crippen LogP contribution in [-0.4, -0.2) is 25.3 Å². The van der Waals surface area contributed by atoms with E-state index in [2.05, 4.69) is 0 Å². The summed E-state index contributed by atoms with van der Waals surface area (Å²) in [6.07, 6.45) is -6.50. The molecular weight excluding hydrogens is 183 g/mol. The predicted molar refractivity (Wildman–Crippen MR) is 30.9 cm³/mol. The molecule has 0 aromatic carbocycles. The van der Waals surface area contributed by atoms with Gasteiger partial charge in [-0.05, 0) is 0 Å². The third-order valence-corrected chi connectivity index (χ3v) is 1.08. The molecule has 0 bridgehead atoms. The van der Waals surface area contributed by atoms with Gasteiger partial charge >= 0.3 is 6.18 Å². The molecule has 0 saturated carbocycles. The molecule has 0 saturated heterocycles. The zero-order valence-electron chi connectivity index (χ0n) is 5.92. The number of halogens is 5. The molecule has 0 amide bonds. The number of ketones is 1. The van der Waals surface area contributed by atoms with Crippen molar-refractivity contribution in [2.24, 2.45) is 0 Å². The molecular formula is C6H6F5O. The lowest BCUT2D eigenvalue weighted by atomic mass is 10.1. The van der Waals surface area contributed by atoms with E-state index in [-0.39, 0.29) is 0 Å². The minimum absolute atomic E-state index is 0.965. The summed E-state index contributed by atoms with van der Waals surface area (Å²) in [7, 11) is 0. The third-order valence-electron chi connectivity index (χ3n) is 1.08. The van der Waals surface area contributed by atoms with Crippen LogP contribution in [0.2, 0.25) is 0 Å². The van der Waals surface area contributed by atoms with E-state index in [9.17, 15) is 26.7 Å². The van der Waals surface area contributed by atoms with Crippen molar-refractivity contribution < 1.29 is 26.7 Å². The first kappa shape index (κ1) is 11.3. The molecule has 0 fully saturated rings. The Morgan fingerprint density at radius 1 is 1.08 bits per heavy atom. The first-order valence-electron chi connectivity index (χ1n) is 2.97. The molecule has 0 N–H and O–H groups in total. The van der Waals surface area contributed by atoms with Crippen LogP contribution >= 0.6 is 0 Å². The first-order valence-corrected chi connectivity index (χ1v) is 2.97. The summed E-state index contributed by atoms with van der Waals surface area (Å²) in [4.78, 5) is 10.4. The highest BCUT2D eigenvalue weighted by Crippen LogP contribution is 2.22. The van der Waals surface area contributed by atoms with E-state index >= 15 is 0 Å². The maximum absolute atomic E-state index is 11.6. The van der Waals surface area contributed by atoms with Crippen LogP contribution < -0.4 is 0 Å². The quantitative estimate of drug-likeness (QED) is 0.618. The van der Waals surface area contributed by atoms with Crippen molar-refractivity contribution in [2.45, 2.75) is 12.6 Å². The molecule has 12 heavy (non-hydrogen) atoms. The van der Waals surface area contributed by atoms with Crippen LogP contribution in [0.1, 0.15) is 6.42 Å². The van der Waals surface area contributed by atoms with E-state index in [1.807, 2.05) is 0 Å². The Labute approximate surface area is 65.6 Å². The van der Waals surface area contributed by atoms with Crippen molar-refractivity contribution >= 4 is 5.78 Å². The van der Waals surface area contributed by atoms with Gasteiger partial charge in [-0.15, -0.1) is 0 Å². The van der Waals surface area contributed by atoms with Crippen LogP contribution in [0.4, 0.5) is 22.0 Å². The fraction of sp³-hybridized carbons (Fsp3) is 0.667. The Morgan fingerprint density at radius 2 is 1.50 bits per heavy atom. The topological polar surface area (TPSA) is 17.1 Å². The minimum Gasteiger partial charge on any atom is -0.298 e. The summed E-state index contributed by atoms with van der Waals surface area (Å²) in [5.74, 6) is -2.49. The molecule has 0 unspecified atom stereocenters. The van der Waals surface area contributed by atoms with Crippen molar-refractivity contribution in [3.05, 3.63) is 5.92 Å². The monoisotopic (exact) mass is 189 g/mol. The van der Waals surface area contributed by atoms with Gasteiger partial charge in [0.25, 0.3) is 0 Å². The predicted octanol–water partition coefficient (Wildman–Crippen LogP) is 2.02. The van der Waals surface area contributed by atoms with Crippen LogP contribution in [0, 0.1) is 5.92 Å². The Hall–Kier alpha value is -0.680. The van der Waals surface area contributed by atoms with Crippen LogP contribution in [0.25, 0.3) is 0 Å². The smallest absolute Gasteiger partial charge is 0.298 e. The molecule has 0 aromatic rings. The molecule has 0 aromatic heterocycles. The molecule has 0 aliphatic heterocycles. The lowest BCUT2D eigenvalue weighted by molar-refractivity contribution is -0.151. The molecule has 0 aliphatic carbocycles. The van der Waals surface area contributed by atoms with E-state index in [1.165, 1.54) is 0 Å². The van der Waals surface area contributed by atoms with Crippen molar-refractivity contribution in [1.29, 1.82) is 0 Å². The maximum atomic E-state index is 11.6. The van der Waals surface area contributed by atoms with Gasteiger partial charge in [-0.2, -0.15) is 13.2 Å². The van der Waals surface area contributed by atoms with Gasteiger partial charge in [0.1, 0.15) is 25.7 Å². The highest BCUT2D eigenvalue weighted by molar-refractivity contribution is 5.92. The average Bonchev–Trinajstić information content (AvgIpc) is 1.85. The second-order valence-corrected chi connectivity index (χ2v) is 2.09. The number of hydrogen-bond acceptors (Lipinski definition) is 1. The van der Waals surface area contributed by atoms with E-state index in [0.717, 1.165) is 0 Å². The number of carbonyl (C=O) groups excluding carboxylic acids is 1. The maximum Gasteiger partial charge on any atom is 0.395 e. The van der Waals surface area contributed by atoms with E-state index in [1.54, 1.807) is 0 Å². The Bertz CT molecular complexity index is 149. The Kier molecular flexibility index (Phi) is 4.12. The molecule has 0 heterocycles. The molecule has 6 heteroatoms. The summed E-state index contributed by atoms with van der Waals surface area (Å²) in [6, 6.07) is 0. The van der Waals surface area contributed by atoms with E-state index in [0.29, 0.717) is 0 Å². The molecule has 1 nitrogen and oxygen atoms in total. The van der Waals surface area contributed by atoms with Crippen molar-refractivity contribution in [1.82, 2.24) is 0 Å². The Balaban J connectivity index is 4.02. The number of alkyl halides is 5. The second kappa shape index (κ2) is 4.37. The van der Waals surface area contributed by atoms with Gasteiger partial charge < -0.3 is 0 Å². The highest BCUT2D eigenvalue weighted by atomic mass is 19.4. The average molecular weight is 189 g/mol. The van der Waals surface area contributed by atoms with Crippen molar-refractivity contribution in [3.63, 3.8) is 0 Å². The van der Waals surface area contributed by atoms with Gasteiger partial charge in [-0.25, -0.2) is 8.78 Å². The number of Topliss-reactive ketones (excluding diaryl/α,β-unsaturated/α-hetero) is 1. The zero-order valence-corrected chi connectivity index (χ0v) is 5.92. The molecule has 0 aliphatic rings. The van der Waals surface area contributed by atoms with Crippen LogP contribution in [-0.2, 0) is 4.79 Å². The van der Waals surface area contributed by atoms with Crippen molar-refractivity contribution in [3.8, 4) is 0 Å². The van der Waals surface area contributed by atoms with Crippen LogP contribution in [0.3, 0.4) is 0 Å². The number of hydrogen-bond donors (Lipinski definition) is 0. The second-order valence-electron chi connectivity index (χ2n) is 2.09.